The van der Waals surface area contributed by atoms with Crippen LogP contribution in [0.25, 0.3) is 0 Å². The Morgan fingerprint density at radius 2 is 2.00 bits per heavy atom. The second kappa shape index (κ2) is 4.54. The number of hydrogen-bond acceptors (Lipinski definition) is 1. The van der Waals surface area contributed by atoms with Crippen LogP contribution in [0.15, 0.2) is 15.9 Å². The third-order valence-electron chi connectivity index (χ3n) is 2.70. The molecule has 1 aromatic heterocycles. The summed E-state index contributed by atoms with van der Waals surface area (Å²) in [5.74, 6) is 0.458. The van der Waals surface area contributed by atoms with Crippen LogP contribution in [-0.2, 0) is 0 Å². The van der Waals surface area contributed by atoms with Crippen LogP contribution < -0.4 is 0 Å². The lowest BCUT2D eigenvalue weighted by Gasteiger charge is -2.30. The van der Waals surface area contributed by atoms with Crippen LogP contribution in [0.4, 0.5) is 0 Å². The van der Waals surface area contributed by atoms with E-state index in [0.29, 0.717) is 5.92 Å². The van der Waals surface area contributed by atoms with E-state index in [9.17, 15) is 0 Å². The van der Waals surface area contributed by atoms with E-state index in [1.54, 1.807) is 11.3 Å². The molecule has 1 rings (SSSR count). The van der Waals surface area contributed by atoms with Crippen LogP contribution in [-0.4, -0.2) is 0 Å². The molecule has 0 spiro atoms. The predicted molar refractivity (Wildman–Crippen MR) is 69.2 cm³/mol. The molecule has 0 radical (unpaired) electrons. The van der Waals surface area contributed by atoms with Gasteiger partial charge < -0.3 is 0 Å². The van der Waals surface area contributed by atoms with Crippen molar-refractivity contribution in [3.63, 3.8) is 0 Å². The average Bonchev–Trinajstić information content (AvgIpc) is 2.47. The van der Waals surface area contributed by atoms with Crippen molar-refractivity contribution in [2.75, 3.05) is 0 Å². The highest BCUT2D eigenvalue weighted by Crippen LogP contribution is 2.44. The molecular weight excluding hydrogens is 280 g/mol. The van der Waals surface area contributed by atoms with Crippen LogP contribution in [0.5, 0.6) is 0 Å². The lowest BCUT2D eigenvalue weighted by atomic mass is 9.79. The van der Waals surface area contributed by atoms with Crippen molar-refractivity contribution < 1.29 is 0 Å². The van der Waals surface area contributed by atoms with Crippen LogP contribution in [0.3, 0.4) is 0 Å². The van der Waals surface area contributed by atoms with E-state index in [1.807, 2.05) is 0 Å². The molecule has 2 atom stereocenters. The summed E-state index contributed by atoms with van der Waals surface area (Å²) in [4.78, 5) is 1.24. The number of hydrogen-bond donors (Lipinski definition) is 0. The third kappa shape index (κ3) is 2.74. The lowest BCUT2D eigenvalue weighted by molar-refractivity contribution is 0.254. The SMILES string of the molecule is CC(C(Cl)c1sccc1Br)C(C)(C)C. The van der Waals surface area contributed by atoms with Gasteiger partial charge in [0.2, 0.25) is 0 Å². The largest absolute Gasteiger partial charge is 0.146 e. The molecule has 0 aliphatic heterocycles. The molecule has 0 aliphatic carbocycles. The van der Waals surface area contributed by atoms with Crippen molar-refractivity contribution in [3.05, 3.63) is 20.8 Å². The van der Waals surface area contributed by atoms with Gasteiger partial charge in [0.1, 0.15) is 0 Å². The summed E-state index contributed by atoms with van der Waals surface area (Å²) in [6.45, 7) is 8.90. The summed E-state index contributed by atoms with van der Waals surface area (Å²) in [5, 5.41) is 2.17. The van der Waals surface area contributed by atoms with Crippen molar-refractivity contribution in [1.82, 2.24) is 0 Å². The van der Waals surface area contributed by atoms with Gasteiger partial charge in [0.05, 0.1) is 5.38 Å². The Balaban J connectivity index is 2.86. The minimum absolute atomic E-state index is 0.101. The van der Waals surface area contributed by atoms with Gasteiger partial charge in [0.15, 0.2) is 0 Å². The first-order chi connectivity index (χ1) is 6.34. The molecule has 0 bridgehead atoms. The lowest BCUT2D eigenvalue weighted by Crippen LogP contribution is -2.21. The molecule has 0 amide bonds. The Labute approximate surface area is 104 Å². The average molecular weight is 296 g/mol. The molecule has 1 heterocycles. The quantitative estimate of drug-likeness (QED) is 0.634. The van der Waals surface area contributed by atoms with E-state index in [4.69, 9.17) is 11.6 Å². The van der Waals surface area contributed by atoms with Gasteiger partial charge in [-0.1, -0.05) is 27.7 Å². The number of rotatable bonds is 2. The summed E-state index contributed by atoms with van der Waals surface area (Å²) < 4.78 is 1.14. The van der Waals surface area contributed by atoms with Gasteiger partial charge in [-0.25, -0.2) is 0 Å². The zero-order valence-corrected chi connectivity index (χ0v) is 12.1. The van der Waals surface area contributed by atoms with Gasteiger partial charge in [-0.05, 0) is 38.7 Å². The Hall–Kier alpha value is 0.470. The first-order valence-corrected chi connectivity index (χ1v) is 6.82. The van der Waals surface area contributed by atoms with Crippen molar-refractivity contribution >= 4 is 38.9 Å². The summed E-state index contributed by atoms with van der Waals surface area (Å²) >= 11 is 11.7. The van der Waals surface area contributed by atoms with Crippen LogP contribution in [0.2, 0.25) is 0 Å². The minimum atomic E-state index is 0.101. The molecule has 0 aromatic carbocycles. The first-order valence-electron chi connectivity index (χ1n) is 4.71. The Bertz CT molecular complexity index is 300. The molecule has 80 valence electrons. The summed E-state index contributed by atoms with van der Waals surface area (Å²) in [7, 11) is 0. The standard InChI is InChI=1S/C11H16BrClS/c1-7(11(2,3)4)9(13)10-8(12)5-6-14-10/h5-7,9H,1-4H3. The Kier molecular flexibility index (Phi) is 4.07. The van der Waals surface area contributed by atoms with Gasteiger partial charge in [0, 0.05) is 9.35 Å². The van der Waals surface area contributed by atoms with Crippen molar-refractivity contribution in [2.24, 2.45) is 11.3 Å². The highest BCUT2D eigenvalue weighted by atomic mass is 79.9. The first kappa shape index (κ1) is 12.5. The molecule has 2 unspecified atom stereocenters. The highest BCUT2D eigenvalue weighted by molar-refractivity contribution is 9.10. The monoisotopic (exact) mass is 294 g/mol. The fourth-order valence-electron chi connectivity index (χ4n) is 1.17. The zero-order chi connectivity index (χ0) is 10.9. The molecule has 0 saturated heterocycles. The Morgan fingerprint density at radius 3 is 2.36 bits per heavy atom. The van der Waals surface area contributed by atoms with E-state index < -0.39 is 0 Å². The van der Waals surface area contributed by atoms with Crippen molar-refractivity contribution in [2.45, 2.75) is 33.1 Å². The molecule has 1 aromatic rings. The van der Waals surface area contributed by atoms with E-state index in [0.717, 1.165) is 4.47 Å². The van der Waals surface area contributed by atoms with E-state index in [-0.39, 0.29) is 10.8 Å². The molecule has 0 nitrogen and oxygen atoms in total. The molecule has 3 heteroatoms. The topological polar surface area (TPSA) is 0 Å². The van der Waals surface area contributed by atoms with Gasteiger partial charge >= 0.3 is 0 Å². The van der Waals surface area contributed by atoms with Crippen LogP contribution in [0.1, 0.15) is 37.9 Å². The van der Waals surface area contributed by atoms with Gasteiger partial charge in [-0.15, -0.1) is 22.9 Å². The molecule has 0 saturated carbocycles. The molecular formula is C11H16BrClS. The fraction of sp³-hybridized carbons (Fsp3) is 0.636. The molecule has 0 fully saturated rings. The molecule has 0 N–H and O–H groups in total. The summed E-state index contributed by atoms with van der Waals surface area (Å²) in [6, 6.07) is 2.06. The maximum atomic E-state index is 6.47. The van der Waals surface area contributed by atoms with Gasteiger partial charge in [-0.2, -0.15) is 0 Å². The van der Waals surface area contributed by atoms with Gasteiger partial charge in [-0.3, -0.25) is 0 Å². The maximum Gasteiger partial charge on any atom is 0.0720 e. The van der Waals surface area contributed by atoms with Crippen molar-refractivity contribution in [1.29, 1.82) is 0 Å². The van der Waals surface area contributed by atoms with E-state index in [2.05, 4.69) is 55.1 Å². The second-order valence-corrected chi connectivity index (χ2v) is 6.96. The summed E-state index contributed by atoms with van der Waals surface area (Å²) in [6.07, 6.45) is 0. The Morgan fingerprint density at radius 1 is 1.43 bits per heavy atom. The fourth-order valence-corrected chi connectivity index (χ4v) is 3.65. The van der Waals surface area contributed by atoms with Gasteiger partial charge in [0.25, 0.3) is 0 Å². The van der Waals surface area contributed by atoms with Crippen molar-refractivity contribution in [3.8, 4) is 0 Å². The number of thiophene rings is 1. The number of alkyl halides is 1. The second-order valence-electron chi connectivity index (χ2n) is 4.69. The van der Waals surface area contributed by atoms with Crippen LogP contribution >= 0.6 is 38.9 Å². The maximum absolute atomic E-state index is 6.47. The normalized spacial score (nSPS) is 16.7. The summed E-state index contributed by atoms with van der Waals surface area (Å²) in [5.41, 5.74) is 0.246. The number of halogens is 2. The van der Waals surface area contributed by atoms with E-state index in [1.165, 1.54) is 4.88 Å². The third-order valence-corrected chi connectivity index (χ3v) is 5.38. The molecule has 0 aliphatic rings. The minimum Gasteiger partial charge on any atom is -0.146 e. The van der Waals surface area contributed by atoms with Crippen LogP contribution in [0, 0.1) is 11.3 Å². The zero-order valence-electron chi connectivity index (χ0n) is 8.97. The molecule has 14 heavy (non-hydrogen) atoms. The smallest absolute Gasteiger partial charge is 0.0720 e. The highest BCUT2D eigenvalue weighted by Gasteiger charge is 2.29. The van der Waals surface area contributed by atoms with E-state index >= 15 is 0 Å². The predicted octanol–water partition coefficient (Wildman–Crippen LogP) is 5.47.